The molecule has 0 saturated carbocycles. The minimum Gasteiger partial charge on any atom is -0.444 e. The highest BCUT2D eigenvalue weighted by molar-refractivity contribution is 5.96. The molecule has 0 aliphatic heterocycles. The van der Waals surface area contributed by atoms with Crippen molar-refractivity contribution >= 4 is 17.7 Å². The highest BCUT2D eigenvalue weighted by Gasteiger charge is 2.25. The van der Waals surface area contributed by atoms with Gasteiger partial charge < -0.3 is 15.4 Å². The molecule has 1 atom stereocenters. The first-order valence-corrected chi connectivity index (χ1v) is 9.36. The topological polar surface area (TPSA) is 80.3 Å². The minimum absolute atomic E-state index is 0.228. The van der Waals surface area contributed by atoms with Gasteiger partial charge in [0.15, 0.2) is 0 Å². The van der Waals surface area contributed by atoms with Gasteiger partial charge >= 0.3 is 6.09 Å². The molecule has 1 radical (unpaired) electrons. The molecular weight excluding hydrogens is 354 g/mol. The van der Waals surface area contributed by atoms with Crippen LogP contribution >= 0.6 is 0 Å². The lowest BCUT2D eigenvalue weighted by Gasteiger charge is -2.24. The average Bonchev–Trinajstić information content (AvgIpc) is 2.60. The van der Waals surface area contributed by atoms with E-state index >= 15 is 0 Å². The molecule has 1 aromatic carbocycles. The molecule has 2 aromatic rings. The Morgan fingerprint density at radius 2 is 1.82 bits per heavy atom. The molecule has 0 spiro atoms. The van der Waals surface area contributed by atoms with E-state index in [2.05, 4.69) is 21.7 Å². The number of hydrogen-bond donors (Lipinski definition) is 2. The number of amides is 2. The van der Waals surface area contributed by atoms with Crippen molar-refractivity contribution in [2.45, 2.75) is 52.7 Å². The van der Waals surface area contributed by atoms with Gasteiger partial charge in [-0.3, -0.25) is 9.78 Å². The Labute approximate surface area is 166 Å². The van der Waals surface area contributed by atoms with Gasteiger partial charge in [-0.15, -0.1) is 0 Å². The zero-order chi connectivity index (χ0) is 20.7. The molecule has 0 fully saturated rings. The summed E-state index contributed by atoms with van der Waals surface area (Å²) in [5, 5.41) is 5.51. The third-order valence-electron chi connectivity index (χ3n) is 3.79. The van der Waals surface area contributed by atoms with Gasteiger partial charge in [-0.1, -0.05) is 19.9 Å². The van der Waals surface area contributed by atoms with Crippen LogP contribution in [0.3, 0.4) is 0 Å². The van der Waals surface area contributed by atoms with Crippen LogP contribution in [0, 0.1) is 12.0 Å². The maximum absolute atomic E-state index is 12.7. The van der Waals surface area contributed by atoms with Gasteiger partial charge in [0.05, 0.1) is 0 Å². The molecule has 0 aliphatic carbocycles. The van der Waals surface area contributed by atoms with E-state index < -0.39 is 17.7 Å². The zero-order valence-electron chi connectivity index (χ0n) is 17.1. The summed E-state index contributed by atoms with van der Waals surface area (Å²) < 4.78 is 5.27. The number of anilines is 1. The van der Waals surface area contributed by atoms with E-state index in [-0.39, 0.29) is 11.8 Å². The lowest BCUT2D eigenvalue weighted by atomic mass is 10.0. The van der Waals surface area contributed by atoms with Crippen molar-refractivity contribution in [2.24, 2.45) is 5.92 Å². The summed E-state index contributed by atoms with van der Waals surface area (Å²) >= 11 is 0. The molecule has 1 aromatic heterocycles. The summed E-state index contributed by atoms with van der Waals surface area (Å²) in [7, 11) is 0. The van der Waals surface area contributed by atoms with E-state index in [0.29, 0.717) is 12.1 Å². The maximum Gasteiger partial charge on any atom is 0.408 e. The molecule has 6 heteroatoms. The summed E-state index contributed by atoms with van der Waals surface area (Å²) in [4.78, 5) is 28.8. The summed E-state index contributed by atoms with van der Waals surface area (Å²) in [6, 6.07) is 11.7. The maximum atomic E-state index is 12.7. The number of nitrogens with one attached hydrogen (secondary N) is 2. The number of rotatable bonds is 6. The Morgan fingerprint density at radius 3 is 2.36 bits per heavy atom. The predicted molar refractivity (Wildman–Crippen MR) is 110 cm³/mol. The predicted octanol–water partition coefficient (Wildman–Crippen LogP) is 4.43. The number of carbonyl (C=O) groups excluding carboxylic acids is 2. The average molecular weight is 382 g/mol. The lowest BCUT2D eigenvalue weighted by Crippen LogP contribution is -2.46. The van der Waals surface area contributed by atoms with Crippen molar-refractivity contribution in [3.05, 3.63) is 48.8 Å². The van der Waals surface area contributed by atoms with Crippen LogP contribution in [-0.4, -0.2) is 28.6 Å². The summed E-state index contributed by atoms with van der Waals surface area (Å²) in [6.07, 6.45) is 3.34. The Kier molecular flexibility index (Phi) is 7.15. The first kappa shape index (κ1) is 21.4. The van der Waals surface area contributed by atoms with E-state index in [1.807, 2.05) is 38.1 Å². The van der Waals surface area contributed by atoms with Gasteiger partial charge in [-0.25, -0.2) is 4.79 Å². The number of ether oxygens (including phenoxy) is 1. The summed E-state index contributed by atoms with van der Waals surface area (Å²) in [6.45, 7) is 9.33. The molecule has 0 unspecified atom stereocenters. The Bertz CT molecular complexity index is 781. The third kappa shape index (κ3) is 7.02. The van der Waals surface area contributed by atoms with Crippen LogP contribution in [-0.2, 0) is 9.53 Å². The molecule has 1 heterocycles. The molecule has 28 heavy (non-hydrogen) atoms. The van der Waals surface area contributed by atoms with Crippen LogP contribution in [0.5, 0.6) is 0 Å². The second kappa shape index (κ2) is 9.35. The van der Waals surface area contributed by atoms with Gasteiger partial charge in [-0.05, 0) is 74.6 Å². The van der Waals surface area contributed by atoms with Gasteiger partial charge in [0.25, 0.3) is 0 Å². The number of aromatic nitrogens is 1. The summed E-state index contributed by atoms with van der Waals surface area (Å²) in [5.41, 5.74) is 1.89. The molecule has 0 bridgehead atoms. The summed E-state index contributed by atoms with van der Waals surface area (Å²) in [5.74, 6) is -0.0593. The van der Waals surface area contributed by atoms with E-state index in [1.54, 1.807) is 39.2 Å². The number of carbonyl (C=O) groups is 2. The number of benzene rings is 1. The van der Waals surface area contributed by atoms with Crippen LogP contribution in [0.15, 0.2) is 42.7 Å². The first-order chi connectivity index (χ1) is 13.1. The quantitative estimate of drug-likeness (QED) is 0.775. The highest BCUT2D eigenvalue weighted by atomic mass is 16.6. The van der Waals surface area contributed by atoms with E-state index in [0.717, 1.165) is 11.1 Å². The van der Waals surface area contributed by atoms with Crippen molar-refractivity contribution in [1.29, 1.82) is 0 Å². The zero-order valence-corrected chi connectivity index (χ0v) is 17.1. The lowest BCUT2D eigenvalue weighted by molar-refractivity contribution is -0.118. The molecule has 0 aliphatic rings. The monoisotopic (exact) mass is 382 g/mol. The fourth-order valence-corrected chi connectivity index (χ4v) is 2.60. The second-order valence-corrected chi connectivity index (χ2v) is 8.04. The van der Waals surface area contributed by atoms with Crippen molar-refractivity contribution in [1.82, 2.24) is 10.3 Å². The smallest absolute Gasteiger partial charge is 0.408 e. The molecule has 6 nitrogen and oxygen atoms in total. The highest BCUT2D eigenvalue weighted by Crippen LogP contribution is 2.20. The molecular formula is C22H28N3O3. The van der Waals surface area contributed by atoms with Gasteiger partial charge in [0.2, 0.25) is 5.91 Å². The van der Waals surface area contributed by atoms with Crippen molar-refractivity contribution < 1.29 is 14.3 Å². The Morgan fingerprint density at radius 1 is 1.14 bits per heavy atom. The third-order valence-corrected chi connectivity index (χ3v) is 3.79. The van der Waals surface area contributed by atoms with Gasteiger partial charge in [0, 0.05) is 18.1 Å². The van der Waals surface area contributed by atoms with E-state index in [4.69, 9.17) is 4.74 Å². The largest absolute Gasteiger partial charge is 0.444 e. The van der Waals surface area contributed by atoms with Gasteiger partial charge in [0.1, 0.15) is 11.6 Å². The number of pyridine rings is 1. The van der Waals surface area contributed by atoms with Gasteiger partial charge in [-0.2, -0.15) is 0 Å². The molecule has 2 N–H and O–H groups in total. The number of hydrogen-bond acceptors (Lipinski definition) is 4. The van der Waals surface area contributed by atoms with Crippen molar-refractivity contribution in [3.8, 4) is 11.1 Å². The SMILES string of the molecule is CC(C)C[C@@H](NC(=O)OC(C)(C)C)C(=O)Nc1c[c]c(-c2ccncc2)cc1. The molecule has 2 amide bonds. The fourth-order valence-electron chi connectivity index (χ4n) is 2.60. The standard InChI is InChI=1S/C22H28N3O3/c1-15(2)14-19(25-21(27)28-22(3,4)5)20(26)24-18-8-6-16(7-9-18)17-10-12-23-13-11-17/h6,8-13,15,19H,14H2,1-5H3,(H,24,26)(H,25,27)/t19-/m1/s1. The Hall–Kier alpha value is -2.89. The number of alkyl carbamates (subject to hydrolysis) is 1. The van der Waals surface area contributed by atoms with Crippen molar-refractivity contribution in [2.75, 3.05) is 5.32 Å². The van der Waals surface area contributed by atoms with Crippen LogP contribution in [0.1, 0.15) is 41.0 Å². The normalized spacial score (nSPS) is 12.4. The van der Waals surface area contributed by atoms with Crippen LogP contribution in [0.25, 0.3) is 11.1 Å². The van der Waals surface area contributed by atoms with E-state index in [1.165, 1.54) is 0 Å². The molecule has 0 saturated heterocycles. The van der Waals surface area contributed by atoms with Crippen LogP contribution < -0.4 is 10.6 Å². The Balaban J connectivity index is 2.04. The molecule has 2 rings (SSSR count). The fraction of sp³-hybridized carbons (Fsp3) is 0.409. The number of nitrogens with zero attached hydrogens (tertiary/aromatic N) is 1. The first-order valence-electron chi connectivity index (χ1n) is 9.36. The van der Waals surface area contributed by atoms with E-state index in [9.17, 15) is 9.59 Å². The van der Waals surface area contributed by atoms with Crippen LogP contribution in [0.2, 0.25) is 0 Å². The molecule has 149 valence electrons. The second-order valence-electron chi connectivity index (χ2n) is 8.04. The minimum atomic E-state index is -0.685. The van der Waals surface area contributed by atoms with Crippen LogP contribution in [0.4, 0.5) is 10.5 Å². The van der Waals surface area contributed by atoms with Crippen molar-refractivity contribution in [3.63, 3.8) is 0 Å².